The summed E-state index contributed by atoms with van der Waals surface area (Å²) in [7, 11) is -2.33. The molecular formula is C24H23Br2ClN4O3Si. The van der Waals surface area contributed by atoms with Crippen LogP contribution in [0.1, 0.15) is 37.2 Å². The summed E-state index contributed by atoms with van der Waals surface area (Å²) in [5.74, 6) is -0.877. The third-order valence-electron chi connectivity index (χ3n) is 6.32. The molecule has 3 aliphatic heterocycles. The summed E-state index contributed by atoms with van der Waals surface area (Å²) >= 11 is 13.9. The Bertz CT molecular complexity index is 1410. The number of fused-ring (bicyclic) bond motifs is 2. The van der Waals surface area contributed by atoms with Crippen molar-refractivity contribution in [2.45, 2.75) is 50.9 Å². The number of allylic oxidation sites excluding steroid dienone is 1. The van der Waals surface area contributed by atoms with Crippen LogP contribution in [0, 0.1) is 0 Å². The quantitative estimate of drug-likeness (QED) is 0.310. The van der Waals surface area contributed by atoms with Crippen molar-refractivity contribution in [3.8, 4) is 0 Å². The Morgan fingerprint density at radius 2 is 1.97 bits per heavy atom. The molecule has 182 valence electrons. The Hall–Kier alpha value is -2.01. The van der Waals surface area contributed by atoms with Crippen LogP contribution in [0.3, 0.4) is 0 Å². The number of aromatic amines is 1. The van der Waals surface area contributed by atoms with Crippen LogP contribution < -0.4 is 0 Å². The number of nitrogens with zero attached hydrogens (tertiary/aromatic N) is 3. The molecule has 1 N–H and O–H groups in total. The zero-order chi connectivity index (χ0) is 25.5. The van der Waals surface area contributed by atoms with Gasteiger partial charge in [0.1, 0.15) is 11.2 Å². The van der Waals surface area contributed by atoms with Gasteiger partial charge < -0.3 is 9.41 Å². The first-order valence-electron chi connectivity index (χ1n) is 11.1. The van der Waals surface area contributed by atoms with Crippen LogP contribution >= 0.6 is 43.5 Å². The summed E-state index contributed by atoms with van der Waals surface area (Å²) in [5, 5.41) is 0.0610. The molecule has 1 atom stereocenters. The van der Waals surface area contributed by atoms with Gasteiger partial charge >= 0.3 is 5.97 Å². The molecule has 1 aromatic heterocycles. The van der Waals surface area contributed by atoms with Gasteiger partial charge in [-0.3, -0.25) is 14.7 Å². The average Bonchev–Trinajstić information content (AvgIpc) is 3.27. The summed E-state index contributed by atoms with van der Waals surface area (Å²) in [4.78, 5) is 41.2. The highest BCUT2D eigenvalue weighted by atomic mass is 79.9. The number of carbonyl (C=O) groups is 2. The van der Waals surface area contributed by atoms with E-state index in [1.54, 1.807) is 0 Å². The number of H-pyrrole nitrogens is 1. The number of carbonyl (C=O) groups excluding carboxylic acids is 2. The van der Waals surface area contributed by atoms with Crippen LogP contribution in [-0.4, -0.2) is 40.8 Å². The number of hydrogen-bond donors (Lipinski definition) is 1. The van der Waals surface area contributed by atoms with Gasteiger partial charge in [-0.1, -0.05) is 53.5 Å². The highest BCUT2D eigenvalue weighted by molar-refractivity contribution is 9.10. The monoisotopic (exact) mass is 636 g/mol. The molecular weight excluding hydrogens is 616 g/mol. The molecule has 1 saturated heterocycles. The number of amides is 1. The van der Waals surface area contributed by atoms with Crippen molar-refractivity contribution in [3.05, 3.63) is 62.2 Å². The van der Waals surface area contributed by atoms with Crippen LogP contribution in [0.5, 0.6) is 0 Å². The van der Waals surface area contributed by atoms with E-state index in [0.29, 0.717) is 21.8 Å². The summed E-state index contributed by atoms with van der Waals surface area (Å²) in [6.07, 6.45) is 4.12. The van der Waals surface area contributed by atoms with Gasteiger partial charge in [-0.05, 0) is 53.8 Å². The first kappa shape index (κ1) is 24.7. The lowest BCUT2D eigenvalue weighted by Crippen LogP contribution is -2.64. The van der Waals surface area contributed by atoms with E-state index in [1.165, 1.54) is 4.90 Å². The van der Waals surface area contributed by atoms with E-state index in [4.69, 9.17) is 21.0 Å². The van der Waals surface area contributed by atoms with Gasteiger partial charge in [-0.2, -0.15) is 0 Å². The molecule has 2 aromatic rings. The van der Waals surface area contributed by atoms with Gasteiger partial charge in [0.25, 0.3) is 0 Å². The predicted molar refractivity (Wildman–Crippen MR) is 145 cm³/mol. The van der Waals surface area contributed by atoms with Crippen LogP contribution in [0.2, 0.25) is 19.6 Å². The Balaban J connectivity index is 1.85. The molecule has 0 saturated carbocycles. The fourth-order valence-corrected chi connectivity index (χ4v) is 6.45. The normalized spacial score (nSPS) is 25.5. The fraction of sp³-hybridized carbons (Fsp3) is 0.333. The summed E-state index contributed by atoms with van der Waals surface area (Å²) in [6, 6.07) is 5.76. The number of imidazole rings is 1. The smallest absolute Gasteiger partial charge is 0.343 e. The molecule has 0 radical (unpaired) electrons. The van der Waals surface area contributed by atoms with Gasteiger partial charge in [0, 0.05) is 15.5 Å². The van der Waals surface area contributed by atoms with Crippen molar-refractivity contribution >= 4 is 80.1 Å². The Morgan fingerprint density at radius 1 is 1.26 bits per heavy atom. The Labute approximate surface area is 226 Å². The van der Waals surface area contributed by atoms with Gasteiger partial charge in [0.05, 0.1) is 28.5 Å². The Morgan fingerprint density at radius 3 is 2.63 bits per heavy atom. The lowest BCUT2D eigenvalue weighted by Gasteiger charge is -2.51. The van der Waals surface area contributed by atoms with E-state index in [9.17, 15) is 9.59 Å². The number of halogens is 3. The van der Waals surface area contributed by atoms with Gasteiger partial charge in [-0.25, -0.2) is 9.78 Å². The van der Waals surface area contributed by atoms with E-state index >= 15 is 0 Å². The molecule has 1 spiro atoms. The summed E-state index contributed by atoms with van der Waals surface area (Å²) in [5.41, 5.74) is 1.81. The highest BCUT2D eigenvalue weighted by Gasteiger charge is 2.61. The molecule has 1 amide bonds. The molecule has 7 nitrogen and oxygen atoms in total. The molecule has 1 fully saturated rings. The number of rotatable bonds is 2. The van der Waals surface area contributed by atoms with E-state index in [2.05, 4.69) is 41.8 Å². The minimum absolute atomic E-state index is 0.0137. The Kier molecular flexibility index (Phi) is 5.63. The number of aliphatic imine (C=N–C) groups is 1. The second-order valence-electron chi connectivity index (χ2n) is 10.4. The van der Waals surface area contributed by atoms with Crippen molar-refractivity contribution in [3.63, 3.8) is 0 Å². The molecule has 35 heavy (non-hydrogen) atoms. The highest BCUT2D eigenvalue weighted by Crippen LogP contribution is 2.55. The van der Waals surface area contributed by atoms with Crippen LogP contribution in [0.15, 0.2) is 50.2 Å². The molecule has 11 heteroatoms. The third-order valence-corrected chi connectivity index (χ3v) is 8.34. The van der Waals surface area contributed by atoms with Crippen LogP contribution in [-0.2, 0) is 25.0 Å². The molecule has 0 aliphatic carbocycles. The van der Waals surface area contributed by atoms with E-state index in [1.807, 2.05) is 63.8 Å². The average molecular weight is 639 g/mol. The molecule has 1 aromatic carbocycles. The van der Waals surface area contributed by atoms with E-state index in [-0.39, 0.29) is 23.1 Å². The number of hydrogen-bond acceptors (Lipinski definition) is 5. The maximum atomic E-state index is 13.7. The second kappa shape index (κ2) is 7.99. The van der Waals surface area contributed by atoms with Gasteiger partial charge in [0.2, 0.25) is 14.2 Å². The standard InChI is InChI=1S/C24H23Br2ClN4O3Si/c1-23(2)9-8-15-24(13-7-6-12(25)10-14(13)28-15)11-16(32)31(24)19(21(33)34-35(3,4)5)17(27)18-20(23)30-22(26)29-18/h6-10H,11H2,1-5H3,(H,29,30)/b9-8-,19-17+/t24-/m0/s1. The zero-order valence-electron chi connectivity index (χ0n) is 19.8. The number of β-lactam (4-membered cyclic amide) rings is 1. The summed E-state index contributed by atoms with van der Waals surface area (Å²) in [6.45, 7) is 9.77. The first-order valence-corrected chi connectivity index (χ1v) is 16.4. The maximum Gasteiger partial charge on any atom is 0.343 e. The van der Waals surface area contributed by atoms with E-state index in [0.717, 1.165) is 15.7 Å². The van der Waals surface area contributed by atoms with E-state index < -0.39 is 25.2 Å². The molecule has 3 aliphatic rings. The predicted octanol–water partition coefficient (Wildman–Crippen LogP) is 6.28. The lowest BCUT2D eigenvalue weighted by molar-refractivity contribution is -0.152. The SMILES string of the molecule is CC1(C)/C=C\C2=Nc3cc(Br)ccc3[C@@]23CC(=O)N3/C(C(=O)O[Si](C)(C)C)=C(/Cl)c2nc(Br)[nH]c21. The topological polar surface area (TPSA) is 87.7 Å². The van der Waals surface area contributed by atoms with Crippen molar-refractivity contribution < 1.29 is 14.0 Å². The van der Waals surface area contributed by atoms with Gasteiger partial charge in [0.15, 0.2) is 10.4 Å². The van der Waals surface area contributed by atoms with Gasteiger partial charge in [-0.15, -0.1) is 0 Å². The zero-order valence-corrected chi connectivity index (χ0v) is 24.7. The van der Waals surface area contributed by atoms with Crippen molar-refractivity contribution in [1.82, 2.24) is 14.9 Å². The second-order valence-corrected chi connectivity index (χ2v) is 16.9. The molecule has 5 rings (SSSR count). The first-order chi connectivity index (χ1) is 16.2. The number of aromatic nitrogens is 2. The fourth-order valence-electron chi connectivity index (χ4n) is 4.77. The molecule has 4 heterocycles. The molecule has 0 bridgehead atoms. The largest absolute Gasteiger partial charge is 0.515 e. The molecule has 0 unspecified atom stereocenters. The van der Waals surface area contributed by atoms with Crippen molar-refractivity contribution in [2.75, 3.05) is 0 Å². The number of benzene rings is 1. The summed E-state index contributed by atoms with van der Waals surface area (Å²) < 4.78 is 7.23. The van der Waals surface area contributed by atoms with Crippen LogP contribution in [0.25, 0.3) is 5.03 Å². The number of nitrogens with one attached hydrogen (secondary N) is 1. The lowest BCUT2D eigenvalue weighted by atomic mass is 9.73. The van der Waals surface area contributed by atoms with Crippen LogP contribution in [0.4, 0.5) is 5.69 Å². The van der Waals surface area contributed by atoms with Crippen molar-refractivity contribution in [2.24, 2.45) is 4.99 Å². The maximum absolute atomic E-state index is 13.7. The minimum atomic E-state index is -2.33. The van der Waals surface area contributed by atoms with Crippen molar-refractivity contribution in [1.29, 1.82) is 0 Å². The third kappa shape index (κ3) is 3.80. The minimum Gasteiger partial charge on any atom is -0.515 e.